The number of carbonyl (C=O) groups is 3. The summed E-state index contributed by atoms with van der Waals surface area (Å²) in [5.41, 5.74) is 5.12. The molecule has 5 rings (SSSR count). The van der Waals surface area contributed by atoms with Crippen LogP contribution in [0.5, 0.6) is 0 Å². The van der Waals surface area contributed by atoms with Gasteiger partial charge in [0.2, 0.25) is 5.91 Å². The Balaban J connectivity index is 1.38. The van der Waals surface area contributed by atoms with Crippen molar-refractivity contribution in [2.45, 2.75) is 57.4 Å². The third kappa shape index (κ3) is 6.12. The van der Waals surface area contributed by atoms with Crippen LogP contribution in [-0.2, 0) is 16.6 Å². The zero-order valence-corrected chi connectivity index (χ0v) is 24.2. The molecule has 2 amide bonds. The molecule has 2 aromatic heterocycles. The van der Waals surface area contributed by atoms with Crippen LogP contribution in [0.3, 0.4) is 0 Å². The van der Waals surface area contributed by atoms with E-state index in [4.69, 9.17) is 5.11 Å². The van der Waals surface area contributed by atoms with Gasteiger partial charge in [0.05, 0.1) is 5.69 Å². The molecule has 1 fully saturated rings. The number of nitrogens with zero attached hydrogens (tertiary/aromatic N) is 2. The number of aryl methyl sites for hydroxylation is 1. The fraction of sp³-hybridized carbons (Fsp3) is 0.294. The fourth-order valence-corrected chi connectivity index (χ4v) is 5.82. The summed E-state index contributed by atoms with van der Waals surface area (Å²) in [6.45, 7) is 3.32. The van der Waals surface area contributed by atoms with Crippen molar-refractivity contribution in [3.63, 3.8) is 0 Å². The fourth-order valence-electron chi connectivity index (χ4n) is 5.82. The lowest BCUT2D eigenvalue weighted by atomic mass is 9.82. The first-order valence-corrected chi connectivity index (χ1v) is 14.3. The summed E-state index contributed by atoms with van der Waals surface area (Å²) in [5.74, 6) is -1.27. The zero-order chi connectivity index (χ0) is 29.9. The second kappa shape index (κ2) is 12.0. The van der Waals surface area contributed by atoms with E-state index < -0.39 is 11.5 Å². The molecule has 0 saturated heterocycles. The molecule has 1 aliphatic rings. The van der Waals surface area contributed by atoms with Gasteiger partial charge in [0.1, 0.15) is 5.54 Å². The highest BCUT2D eigenvalue weighted by atomic mass is 16.4. The molecule has 2 heterocycles. The van der Waals surface area contributed by atoms with Crippen LogP contribution < -0.4 is 10.6 Å². The number of pyridine rings is 1. The number of amides is 2. The predicted octanol–water partition coefficient (Wildman–Crippen LogP) is 6.53. The largest absolute Gasteiger partial charge is 0.478 e. The van der Waals surface area contributed by atoms with Crippen LogP contribution in [0.4, 0.5) is 5.69 Å². The molecule has 0 aliphatic heterocycles. The van der Waals surface area contributed by atoms with Gasteiger partial charge in [-0.05, 0) is 86.2 Å². The molecule has 0 bridgehead atoms. The maximum absolute atomic E-state index is 13.4. The molecule has 8 heteroatoms. The third-order valence-corrected chi connectivity index (χ3v) is 8.05. The van der Waals surface area contributed by atoms with E-state index >= 15 is 0 Å². The molecule has 3 N–H and O–H groups in total. The van der Waals surface area contributed by atoms with Gasteiger partial charge in [-0.25, -0.2) is 4.79 Å². The Bertz CT molecular complexity index is 1650. The van der Waals surface area contributed by atoms with Gasteiger partial charge in [-0.2, -0.15) is 0 Å². The number of nitrogens with one attached hydrogen (secondary N) is 2. The number of carboxylic acid groups (broad SMARTS) is 1. The van der Waals surface area contributed by atoms with Crippen molar-refractivity contribution in [2.75, 3.05) is 5.32 Å². The van der Waals surface area contributed by atoms with Crippen molar-refractivity contribution >= 4 is 40.4 Å². The lowest BCUT2D eigenvalue weighted by Crippen LogP contribution is -2.52. The van der Waals surface area contributed by atoms with Crippen LogP contribution in [0.15, 0.2) is 73.1 Å². The highest BCUT2D eigenvalue weighted by molar-refractivity contribution is 6.05. The third-order valence-electron chi connectivity index (χ3n) is 8.05. The first-order chi connectivity index (χ1) is 20.1. The van der Waals surface area contributed by atoms with Gasteiger partial charge in [-0.1, -0.05) is 37.5 Å². The maximum atomic E-state index is 13.4. The average Bonchev–Trinajstić information content (AvgIpc) is 3.28. The quantitative estimate of drug-likeness (QED) is 0.211. The Morgan fingerprint density at radius 1 is 0.976 bits per heavy atom. The number of hydrogen-bond acceptors (Lipinski definition) is 4. The average molecular weight is 565 g/mol. The highest BCUT2D eigenvalue weighted by Gasteiger charge is 2.31. The van der Waals surface area contributed by atoms with Gasteiger partial charge < -0.3 is 20.3 Å². The monoisotopic (exact) mass is 564 g/mol. The van der Waals surface area contributed by atoms with E-state index in [1.807, 2.05) is 49.8 Å². The molecule has 0 spiro atoms. The molecule has 0 atom stereocenters. The first-order valence-electron chi connectivity index (χ1n) is 14.3. The van der Waals surface area contributed by atoms with Crippen molar-refractivity contribution < 1.29 is 19.5 Å². The van der Waals surface area contributed by atoms with Gasteiger partial charge in [0.15, 0.2) is 0 Å². The van der Waals surface area contributed by atoms with Crippen LogP contribution in [0.2, 0.25) is 0 Å². The summed E-state index contributed by atoms with van der Waals surface area (Å²) >= 11 is 0. The predicted molar refractivity (Wildman–Crippen MR) is 165 cm³/mol. The van der Waals surface area contributed by atoms with E-state index in [1.165, 1.54) is 36.6 Å². The topological polar surface area (TPSA) is 113 Å². The van der Waals surface area contributed by atoms with Gasteiger partial charge >= 0.3 is 5.97 Å². The number of carbonyl (C=O) groups excluding carboxylic acids is 2. The summed E-state index contributed by atoms with van der Waals surface area (Å²) in [5, 5.41) is 15.7. The van der Waals surface area contributed by atoms with Gasteiger partial charge in [-0.15, -0.1) is 0 Å². The minimum absolute atomic E-state index is 0.336. The molecule has 1 aliphatic carbocycles. The summed E-state index contributed by atoms with van der Waals surface area (Å²) in [6.07, 6.45) is 12.2. The second-order valence-electron chi connectivity index (χ2n) is 11.5. The van der Waals surface area contributed by atoms with E-state index in [1.54, 1.807) is 38.1 Å². The number of benzene rings is 2. The van der Waals surface area contributed by atoms with Crippen molar-refractivity contribution in [2.24, 2.45) is 7.05 Å². The van der Waals surface area contributed by atoms with Crippen LogP contribution in [-0.4, -0.2) is 38.0 Å². The number of fused-ring (bicyclic) bond motifs is 1. The Kier molecular flexibility index (Phi) is 8.24. The van der Waals surface area contributed by atoms with Crippen molar-refractivity contribution in [1.29, 1.82) is 0 Å². The summed E-state index contributed by atoms with van der Waals surface area (Å²) < 4.78 is 2.18. The summed E-state index contributed by atoms with van der Waals surface area (Å²) in [4.78, 5) is 41.5. The lowest BCUT2D eigenvalue weighted by molar-refractivity contribution is -0.131. The molecule has 216 valence electrons. The Morgan fingerprint density at radius 3 is 2.33 bits per heavy atom. The van der Waals surface area contributed by atoms with E-state index in [0.29, 0.717) is 22.7 Å². The molecule has 0 radical (unpaired) electrons. The number of aromatic nitrogens is 2. The van der Waals surface area contributed by atoms with Crippen molar-refractivity contribution in [1.82, 2.24) is 14.9 Å². The van der Waals surface area contributed by atoms with Gasteiger partial charge in [0, 0.05) is 53.2 Å². The van der Waals surface area contributed by atoms with Crippen molar-refractivity contribution in [3.8, 4) is 11.3 Å². The first kappa shape index (κ1) is 28.8. The lowest BCUT2D eigenvalue weighted by Gasteiger charge is -2.25. The van der Waals surface area contributed by atoms with Gasteiger partial charge in [-0.3, -0.25) is 14.6 Å². The Hall–Kier alpha value is -4.72. The van der Waals surface area contributed by atoms with E-state index in [-0.39, 0.29) is 11.8 Å². The minimum atomic E-state index is -1.20. The molecular formula is C34H36N4O4. The zero-order valence-electron chi connectivity index (χ0n) is 24.2. The van der Waals surface area contributed by atoms with Crippen LogP contribution in [0.25, 0.3) is 28.2 Å². The Labute approximate surface area is 245 Å². The number of hydrogen-bond donors (Lipinski definition) is 3. The molecule has 42 heavy (non-hydrogen) atoms. The normalized spacial score (nSPS) is 14.3. The molecule has 0 unspecified atom stereocenters. The standard InChI is InChI=1S/C34H36N4O4/c1-34(2,33(42)36-26-13-9-22(10-14-26)11-16-29(39)40)37-32(41)25-12-15-27-28(21-25)38(3)31(24-17-19-35-20-18-24)30(27)23-7-5-4-6-8-23/h9-21,23H,4-8H2,1-3H3,(H,36,42)(H,37,41)(H,39,40)/b16-11+. The van der Waals surface area contributed by atoms with E-state index in [2.05, 4.69) is 20.2 Å². The number of carboxylic acids is 1. The number of aliphatic carboxylic acids is 1. The van der Waals surface area contributed by atoms with Crippen LogP contribution >= 0.6 is 0 Å². The molecule has 2 aromatic carbocycles. The summed E-state index contributed by atoms with van der Waals surface area (Å²) in [6, 6.07) is 16.7. The molecule has 8 nitrogen and oxygen atoms in total. The van der Waals surface area contributed by atoms with Crippen molar-refractivity contribution in [3.05, 3.63) is 89.8 Å². The van der Waals surface area contributed by atoms with Crippen LogP contribution in [0, 0.1) is 0 Å². The molecule has 1 saturated carbocycles. The molecular weight excluding hydrogens is 528 g/mol. The minimum Gasteiger partial charge on any atom is -0.478 e. The number of anilines is 1. The smallest absolute Gasteiger partial charge is 0.328 e. The second-order valence-corrected chi connectivity index (χ2v) is 11.5. The number of rotatable bonds is 8. The van der Waals surface area contributed by atoms with E-state index in [0.717, 1.165) is 35.4 Å². The molecule has 4 aromatic rings. The summed E-state index contributed by atoms with van der Waals surface area (Å²) in [7, 11) is 2.05. The van der Waals surface area contributed by atoms with Gasteiger partial charge in [0.25, 0.3) is 5.91 Å². The van der Waals surface area contributed by atoms with E-state index in [9.17, 15) is 14.4 Å². The van der Waals surface area contributed by atoms with Crippen LogP contribution in [0.1, 0.15) is 73.4 Å². The maximum Gasteiger partial charge on any atom is 0.328 e. The SMILES string of the molecule is Cn1c(-c2ccncc2)c(C2CCCCC2)c2ccc(C(=O)NC(C)(C)C(=O)Nc3ccc(/C=C/C(=O)O)cc3)cc21. The highest BCUT2D eigenvalue weighted by Crippen LogP contribution is 2.43. The Morgan fingerprint density at radius 2 is 1.67 bits per heavy atom.